The van der Waals surface area contributed by atoms with Gasteiger partial charge in [0.1, 0.15) is 5.66 Å². The highest BCUT2D eigenvalue weighted by atomic mass is 35.5. The lowest BCUT2D eigenvalue weighted by Gasteiger charge is -2.37. The fourth-order valence-electron chi connectivity index (χ4n) is 1.84. The third-order valence-corrected chi connectivity index (χ3v) is 2.75. The number of nitrogens with zero attached hydrogens (tertiary/aromatic N) is 2. The van der Waals surface area contributed by atoms with E-state index < -0.39 is 0 Å². The molecule has 0 aromatic rings. The quantitative estimate of drug-likeness (QED) is 0.686. The molecule has 0 unspecified atom stereocenters. The molecule has 0 bridgehead atoms. The highest BCUT2D eigenvalue weighted by Crippen LogP contribution is 2.24. The first-order chi connectivity index (χ1) is 6.20. The Morgan fingerprint density at radius 1 is 1.14 bits per heavy atom. The van der Waals surface area contributed by atoms with Crippen LogP contribution in [-0.2, 0) is 0 Å². The van der Waals surface area contributed by atoms with Crippen LogP contribution in [0.5, 0.6) is 0 Å². The largest absolute Gasteiger partial charge is 0.279 e. The van der Waals surface area contributed by atoms with Crippen LogP contribution in [0.1, 0.15) is 40.5 Å². The number of rotatable bonds is 6. The summed E-state index contributed by atoms with van der Waals surface area (Å²) in [5.41, 5.74) is -0.189. The summed E-state index contributed by atoms with van der Waals surface area (Å²) in [4.78, 5) is 6.46. The van der Waals surface area contributed by atoms with Crippen LogP contribution in [0.3, 0.4) is 0 Å². The lowest BCUT2D eigenvalue weighted by Crippen LogP contribution is -2.46. The van der Waals surface area contributed by atoms with Crippen molar-refractivity contribution in [2.24, 2.45) is 4.99 Å². The maximum absolute atomic E-state index is 6.97. The second-order valence-corrected chi connectivity index (χ2v) is 3.09. The molecule has 0 atom stereocenters. The molecule has 0 rings (SSSR count). The number of hydrogen-bond acceptors (Lipinski definition) is 3. The standard InChI is InChI=1S/C10H21N3.ClH/c1-5-10(6-2,12-9-11)13(7-3)8-4;/h11H,5-8H2,1-4H3;1H. The molecule has 0 fully saturated rings. The predicted octanol–water partition coefficient (Wildman–Crippen LogP) is 3.02. The zero-order valence-electron chi connectivity index (χ0n) is 9.63. The Kier molecular flexibility index (Phi) is 9.16. The van der Waals surface area contributed by atoms with E-state index in [1.54, 1.807) is 0 Å². The Labute approximate surface area is 93.5 Å². The average Bonchev–Trinajstić information content (AvgIpc) is 2.18. The molecule has 0 aromatic carbocycles. The Hall–Kier alpha value is -0.370. The van der Waals surface area contributed by atoms with E-state index in [9.17, 15) is 0 Å². The minimum Gasteiger partial charge on any atom is -0.279 e. The molecule has 0 radical (unpaired) electrons. The maximum Gasteiger partial charge on any atom is 0.123 e. The van der Waals surface area contributed by atoms with Crippen LogP contribution >= 0.6 is 12.4 Å². The monoisotopic (exact) mass is 219 g/mol. The molecule has 0 spiro atoms. The van der Waals surface area contributed by atoms with Crippen LogP contribution in [0.2, 0.25) is 0 Å². The van der Waals surface area contributed by atoms with Crippen LogP contribution in [0, 0.1) is 5.41 Å². The minimum absolute atomic E-state index is 0. The third-order valence-electron chi connectivity index (χ3n) is 2.75. The number of nitrogens with one attached hydrogen (secondary N) is 1. The number of aliphatic imine (C=N–C) groups is 1. The van der Waals surface area contributed by atoms with E-state index in [2.05, 4.69) is 43.6 Å². The van der Waals surface area contributed by atoms with E-state index in [-0.39, 0.29) is 18.1 Å². The van der Waals surface area contributed by atoms with Crippen LogP contribution in [-0.4, -0.2) is 29.7 Å². The van der Waals surface area contributed by atoms with Gasteiger partial charge < -0.3 is 0 Å². The van der Waals surface area contributed by atoms with E-state index in [1.165, 1.54) is 0 Å². The molecule has 4 heteroatoms. The lowest BCUT2D eigenvalue weighted by molar-refractivity contribution is 0.0988. The van der Waals surface area contributed by atoms with Gasteiger partial charge >= 0.3 is 0 Å². The van der Waals surface area contributed by atoms with Gasteiger partial charge in [0, 0.05) is 0 Å². The van der Waals surface area contributed by atoms with Gasteiger partial charge in [0.25, 0.3) is 0 Å². The Bertz CT molecular complexity index is 180. The molecule has 0 aromatic heterocycles. The summed E-state index contributed by atoms with van der Waals surface area (Å²) in [6.07, 6.45) is 1.88. The second-order valence-electron chi connectivity index (χ2n) is 3.09. The van der Waals surface area contributed by atoms with Crippen LogP contribution < -0.4 is 0 Å². The molecule has 14 heavy (non-hydrogen) atoms. The summed E-state index contributed by atoms with van der Waals surface area (Å²) in [5, 5.41) is 6.97. The number of halogens is 1. The van der Waals surface area contributed by atoms with Crippen molar-refractivity contribution < 1.29 is 0 Å². The molecule has 0 amide bonds. The summed E-state index contributed by atoms with van der Waals surface area (Å²) >= 11 is 0. The minimum atomic E-state index is -0.189. The SMILES string of the molecule is CCN(CC)C(CC)(CC)N=C=N.Cl. The average molecular weight is 220 g/mol. The fraction of sp³-hybridized carbons (Fsp3) is 0.900. The first-order valence-electron chi connectivity index (χ1n) is 5.09. The molecule has 0 saturated heterocycles. The van der Waals surface area contributed by atoms with Crippen LogP contribution in [0.15, 0.2) is 4.99 Å². The fourth-order valence-corrected chi connectivity index (χ4v) is 1.84. The van der Waals surface area contributed by atoms with Gasteiger partial charge in [-0.3, -0.25) is 4.90 Å². The summed E-state index contributed by atoms with van der Waals surface area (Å²) in [7, 11) is 0. The Balaban J connectivity index is 0. The van der Waals surface area contributed by atoms with Gasteiger partial charge in [-0.1, -0.05) is 27.7 Å². The molecule has 1 N–H and O–H groups in total. The topological polar surface area (TPSA) is 39.5 Å². The Morgan fingerprint density at radius 2 is 1.57 bits per heavy atom. The molecule has 3 nitrogen and oxygen atoms in total. The van der Waals surface area contributed by atoms with Crippen molar-refractivity contribution in [1.29, 1.82) is 5.41 Å². The van der Waals surface area contributed by atoms with Crippen LogP contribution in [0.25, 0.3) is 0 Å². The second kappa shape index (κ2) is 7.98. The molecule has 0 aliphatic heterocycles. The van der Waals surface area contributed by atoms with Gasteiger partial charge in [-0.05, 0) is 25.9 Å². The van der Waals surface area contributed by atoms with Crippen molar-refractivity contribution in [3.05, 3.63) is 0 Å². The molecule has 0 saturated carbocycles. The zero-order valence-corrected chi connectivity index (χ0v) is 10.4. The summed E-state index contributed by atoms with van der Waals surface area (Å²) in [5.74, 6) is 0. The maximum atomic E-state index is 6.97. The molecular formula is C10H22ClN3. The van der Waals surface area contributed by atoms with Crippen LogP contribution in [0.4, 0.5) is 0 Å². The van der Waals surface area contributed by atoms with E-state index in [0.717, 1.165) is 25.9 Å². The van der Waals surface area contributed by atoms with E-state index in [4.69, 9.17) is 5.41 Å². The van der Waals surface area contributed by atoms with Crippen molar-refractivity contribution in [2.45, 2.75) is 46.2 Å². The zero-order chi connectivity index (χ0) is 10.3. The van der Waals surface area contributed by atoms with Crippen molar-refractivity contribution in [1.82, 2.24) is 4.90 Å². The lowest BCUT2D eigenvalue weighted by atomic mass is 10.0. The van der Waals surface area contributed by atoms with Gasteiger partial charge in [0.2, 0.25) is 0 Å². The van der Waals surface area contributed by atoms with E-state index in [0.29, 0.717) is 0 Å². The molecule has 0 aliphatic rings. The first-order valence-corrected chi connectivity index (χ1v) is 5.09. The number of hydrogen-bond donors (Lipinski definition) is 1. The smallest absolute Gasteiger partial charge is 0.123 e. The van der Waals surface area contributed by atoms with Crippen molar-refractivity contribution in [3.8, 4) is 0 Å². The normalized spacial score (nSPS) is 10.6. The third kappa shape index (κ3) is 3.41. The predicted molar refractivity (Wildman–Crippen MR) is 63.6 cm³/mol. The highest BCUT2D eigenvalue weighted by molar-refractivity contribution is 5.85. The van der Waals surface area contributed by atoms with Crippen molar-refractivity contribution in [3.63, 3.8) is 0 Å². The molecule has 84 valence electrons. The van der Waals surface area contributed by atoms with Gasteiger partial charge in [0.15, 0.2) is 0 Å². The first kappa shape index (κ1) is 16.1. The highest BCUT2D eigenvalue weighted by Gasteiger charge is 2.30. The van der Waals surface area contributed by atoms with Crippen molar-refractivity contribution >= 4 is 18.4 Å². The van der Waals surface area contributed by atoms with Gasteiger partial charge in [-0.15, -0.1) is 12.4 Å². The summed E-state index contributed by atoms with van der Waals surface area (Å²) < 4.78 is 0. The van der Waals surface area contributed by atoms with Crippen molar-refractivity contribution in [2.75, 3.05) is 13.1 Å². The van der Waals surface area contributed by atoms with E-state index in [1.807, 2.05) is 0 Å². The Morgan fingerprint density at radius 3 is 1.79 bits per heavy atom. The molecule has 0 aliphatic carbocycles. The van der Waals surface area contributed by atoms with E-state index >= 15 is 0 Å². The molecule has 0 heterocycles. The van der Waals surface area contributed by atoms with Gasteiger partial charge in [-0.2, -0.15) is 0 Å². The molecular weight excluding hydrogens is 198 g/mol. The summed E-state index contributed by atoms with van der Waals surface area (Å²) in [6.45, 7) is 10.4. The van der Waals surface area contributed by atoms with Gasteiger partial charge in [0.05, 0.1) is 6.01 Å². The van der Waals surface area contributed by atoms with Gasteiger partial charge in [-0.25, -0.2) is 10.4 Å². The summed E-state index contributed by atoms with van der Waals surface area (Å²) in [6, 6.07) is 2.19.